The number of carbonyl (C=O) groups is 1. The first-order chi connectivity index (χ1) is 14.8. The van der Waals surface area contributed by atoms with Gasteiger partial charge in [-0.2, -0.15) is 4.98 Å². The number of para-hydroxylation sites is 1. The zero-order valence-corrected chi connectivity index (χ0v) is 19.5. The first-order valence-corrected chi connectivity index (χ1v) is 13.3. The number of hydrogen-bond donors (Lipinski definition) is 3. The van der Waals surface area contributed by atoms with Crippen molar-refractivity contribution in [3.63, 3.8) is 0 Å². The molecule has 3 rings (SSSR count). The van der Waals surface area contributed by atoms with Crippen LogP contribution in [-0.4, -0.2) is 41.8 Å². The number of aromatic nitrogens is 2. The van der Waals surface area contributed by atoms with E-state index in [1.54, 1.807) is 19.5 Å². The Labute approximate surface area is 188 Å². The predicted octanol–water partition coefficient (Wildman–Crippen LogP) is 4.39. The lowest BCUT2D eigenvalue weighted by atomic mass is 9.85. The fraction of sp³-hybridized carbons (Fsp3) is 0.409. The minimum atomic E-state index is -2.47. The van der Waals surface area contributed by atoms with Crippen molar-refractivity contribution < 1.29 is 9.36 Å². The van der Waals surface area contributed by atoms with E-state index in [9.17, 15) is 9.36 Å². The maximum Gasteiger partial charge on any atom is 0.243 e. The second kappa shape index (κ2) is 10.3. The molecule has 9 heteroatoms. The van der Waals surface area contributed by atoms with Crippen molar-refractivity contribution in [2.24, 2.45) is 5.92 Å². The van der Waals surface area contributed by atoms with Gasteiger partial charge in [0, 0.05) is 17.9 Å². The summed E-state index contributed by atoms with van der Waals surface area (Å²) in [6.07, 6.45) is 6.90. The first kappa shape index (κ1) is 23.3. The number of rotatable bonds is 8. The van der Waals surface area contributed by atoms with E-state index in [0.29, 0.717) is 29.3 Å². The second-order valence-electron chi connectivity index (χ2n) is 8.21. The number of anilines is 3. The van der Waals surface area contributed by atoms with Gasteiger partial charge in [0.25, 0.3) is 0 Å². The average molecular weight is 462 g/mol. The van der Waals surface area contributed by atoms with Crippen molar-refractivity contribution in [2.75, 3.05) is 30.5 Å². The molecule has 7 nitrogen and oxygen atoms in total. The Bertz CT molecular complexity index is 994. The molecule has 1 saturated carbocycles. The lowest BCUT2D eigenvalue weighted by Crippen LogP contribution is -2.38. The summed E-state index contributed by atoms with van der Waals surface area (Å²) in [5.41, 5.74) is 0.718. The van der Waals surface area contributed by atoms with Crippen LogP contribution >= 0.6 is 18.7 Å². The van der Waals surface area contributed by atoms with Crippen LogP contribution in [0.15, 0.2) is 43.1 Å². The first-order valence-electron chi connectivity index (χ1n) is 10.4. The van der Waals surface area contributed by atoms with Gasteiger partial charge in [0.15, 0.2) is 5.82 Å². The zero-order valence-electron chi connectivity index (χ0n) is 17.9. The molecule has 1 aromatic heterocycles. The van der Waals surface area contributed by atoms with E-state index >= 15 is 0 Å². The number of hydrogen-bond acceptors (Lipinski definition) is 6. The molecule has 0 saturated heterocycles. The predicted molar refractivity (Wildman–Crippen MR) is 128 cm³/mol. The highest BCUT2D eigenvalue weighted by molar-refractivity contribution is 7.70. The molecule has 1 fully saturated rings. The SMILES string of the molecule is C=CC(=O)NC1CCCC(CNc2ncc(Cl)c(Nc3ccccc3P(C)(C)=O)n2)C1. The maximum atomic E-state index is 12.6. The molecule has 1 aliphatic carbocycles. The van der Waals surface area contributed by atoms with E-state index < -0.39 is 7.14 Å². The van der Waals surface area contributed by atoms with E-state index in [4.69, 9.17) is 11.6 Å². The number of amides is 1. The van der Waals surface area contributed by atoms with Gasteiger partial charge in [0.05, 0.1) is 11.9 Å². The fourth-order valence-corrected chi connectivity index (χ4v) is 5.11. The summed E-state index contributed by atoms with van der Waals surface area (Å²) in [7, 11) is -2.47. The topological polar surface area (TPSA) is 96.0 Å². The summed E-state index contributed by atoms with van der Waals surface area (Å²) < 4.78 is 12.6. The van der Waals surface area contributed by atoms with E-state index in [2.05, 4.69) is 32.5 Å². The molecule has 166 valence electrons. The molecule has 2 aromatic rings. The third-order valence-electron chi connectivity index (χ3n) is 5.34. The molecular weight excluding hydrogens is 433 g/mol. The molecule has 2 atom stereocenters. The molecular formula is C22H29ClN5O2P. The Morgan fingerprint density at radius 1 is 1.32 bits per heavy atom. The van der Waals surface area contributed by atoms with Gasteiger partial charge >= 0.3 is 0 Å². The van der Waals surface area contributed by atoms with E-state index in [1.165, 1.54) is 6.08 Å². The largest absolute Gasteiger partial charge is 0.354 e. The van der Waals surface area contributed by atoms with Gasteiger partial charge < -0.3 is 20.5 Å². The number of nitrogens with zero attached hydrogens (tertiary/aromatic N) is 2. The summed E-state index contributed by atoms with van der Waals surface area (Å²) in [5, 5.41) is 10.6. The molecule has 1 amide bonds. The highest BCUT2D eigenvalue weighted by atomic mass is 35.5. The number of nitrogens with one attached hydrogen (secondary N) is 3. The lowest BCUT2D eigenvalue weighted by Gasteiger charge is -2.29. The summed E-state index contributed by atoms with van der Waals surface area (Å²) in [6, 6.07) is 7.62. The van der Waals surface area contributed by atoms with Crippen molar-refractivity contribution in [1.82, 2.24) is 15.3 Å². The zero-order chi connectivity index (χ0) is 22.4. The van der Waals surface area contributed by atoms with Crippen molar-refractivity contribution in [3.05, 3.63) is 48.1 Å². The van der Waals surface area contributed by atoms with Crippen molar-refractivity contribution in [3.8, 4) is 0 Å². The quantitative estimate of drug-likeness (QED) is 0.398. The molecule has 1 aromatic carbocycles. The van der Waals surface area contributed by atoms with Crippen LogP contribution in [0, 0.1) is 5.92 Å². The Balaban J connectivity index is 1.66. The van der Waals surface area contributed by atoms with Crippen molar-refractivity contribution in [1.29, 1.82) is 0 Å². The van der Waals surface area contributed by atoms with Crippen LogP contribution in [-0.2, 0) is 9.36 Å². The summed E-state index contributed by atoms with van der Waals surface area (Å²) in [6.45, 7) is 7.68. The molecule has 0 bridgehead atoms. The molecule has 0 aliphatic heterocycles. The van der Waals surface area contributed by atoms with Crippen LogP contribution in [0.3, 0.4) is 0 Å². The van der Waals surface area contributed by atoms with Gasteiger partial charge in [-0.15, -0.1) is 0 Å². The van der Waals surface area contributed by atoms with Gasteiger partial charge in [-0.05, 0) is 56.7 Å². The molecule has 1 aliphatic rings. The number of halogens is 1. The minimum absolute atomic E-state index is 0.126. The highest BCUT2D eigenvalue weighted by Crippen LogP contribution is 2.38. The molecule has 0 radical (unpaired) electrons. The smallest absolute Gasteiger partial charge is 0.243 e. The van der Waals surface area contributed by atoms with Crippen LogP contribution in [0.4, 0.5) is 17.5 Å². The Hall–Kier alpha value is -2.37. The van der Waals surface area contributed by atoms with Gasteiger partial charge in [0.2, 0.25) is 11.9 Å². The van der Waals surface area contributed by atoms with Crippen LogP contribution in [0.2, 0.25) is 5.02 Å². The van der Waals surface area contributed by atoms with Crippen LogP contribution in [0.5, 0.6) is 0 Å². The third-order valence-corrected chi connectivity index (χ3v) is 7.17. The Kier molecular flexibility index (Phi) is 7.74. The lowest BCUT2D eigenvalue weighted by molar-refractivity contribution is -0.117. The molecule has 3 N–H and O–H groups in total. The van der Waals surface area contributed by atoms with Gasteiger partial charge in [-0.1, -0.05) is 36.7 Å². The number of benzene rings is 1. The summed E-state index contributed by atoms with van der Waals surface area (Å²) in [4.78, 5) is 20.4. The number of carbonyl (C=O) groups excluding carboxylic acids is 1. The Morgan fingerprint density at radius 3 is 2.84 bits per heavy atom. The van der Waals surface area contributed by atoms with E-state index in [1.807, 2.05) is 24.3 Å². The molecule has 2 unspecified atom stereocenters. The van der Waals surface area contributed by atoms with Crippen LogP contribution < -0.4 is 21.3 Å². The van der Waals surface area contributed by atoms with Gasteiger partial charge in [0.1, 0.15) is 12.2 Å². The third kappa shape index (κ3) is 6.55. The average Bonchev–Trinajstić information content (AvgIpc) is 2.74. The van der Waals surface area contributed by atoms with Crippen LogP contribution in [0.25, 0.3) is 0 Å². The molecule has 31 heavy (non-hydrogen) atoms. The van der Waals surface area contributed by atoms with E-state index in [0.717, 1.165) is 36.7 Å². The van der Waals surface area contributed by atoms with E-state index in [-0.39, 0.29) is 11.9 Å². The van der Waals surface area contributed by atoms with Gasteiger partial charge in [-0.25, -0.2) is 4.98 Å². The standard InChI is InChI=1S/C22H29ClN5O2P/c1-4-20(29)26-16-9-7-8-15(12-16)13-24-22-25-14-17(23)21(28-22)27-18-10-5-6-11-19(18)31(2,3)30/h4-6,10-11,14-16H,1,7-9,12-13H2,2-3H3,(H,26,29)(H2,24,25,27,28). The Morgan fingerprint density at radius 2 is 2.10 bits per heavy atom. The van der Waals surface area contributed by atoms with Gasteiger partial charge in [-0.3, -0.25) is 4.79 Å². The molecule has 0 spiro atoms. The normalized spacial score (nSPS) is 18.8. The maximum absolute atomic E-state index is 12.6. The van der Waals surface area contributed by atoms with Crippen molar-refractivity contribution in [2.45, 2.75) is 31.7 Å². The monoisotopic (exact) mass is 461 g/mol. The highest BCUT2D eigenvalue weighted by Gasteiger charge is 2.23. The second-order valence-corrected chi connectivity index (χ2v) is 11.8. The minimum Gasteiger partial charge on any atom is -0.354 e. The molecule has 1 heterocycles. The summed E-state index contributed by atoms with van der Waals surface area (Å²) in [5.74, 6) is 1.21. The van der Waals surface area contributed by atoms with Crippen LogP contribution in [0.1, 0.15) is 25.7 Å². The van der Waals surface area contributed by atoms with Crippen molar-refractivity contribution >= 4 is 47.4 Å². The summed E-state index contributed by atoms with van der Waals surface area (Å²) >= 11 is 6.31. The fourth-order valence-electron chi connectivity index (χ4n) is 3.82.